The highest BCUT2D eigenvalue weighted by Gasteiger charge is 2.57. The standard InChI is InChI=1S/C19H24O8/c1-19(23)9-11(20)15(17(21)26-4)14(16(19)18(22)27-5)10-6-7-12(24-2)13(8-10)25-3/h6-8,14-16,23H,9H2,1-5H3/t14-,15-,16+,19-/m0/s1. The lowest BCUT2D eigenvalue weighted by molar-refractivity contribution is -0.170. The first-order valence-electron chi connectivity index (χ1n) is 8.34. The van der Waals surface area contributed by atoms with Crippen LogP contribution in [0.25, 0.3) is 0 Å². The molecule has 0 amide bonds. The lowest BCUT2D eigenvalue weighted by Crippen LogP contribution is -2.55. The zero-order valence-electron chi connectivity index (χ0n) is 16.0. The number of esters is 2. The Morgan fingerprint density at radius 3 is 2.15 bits per heavy atom. The first-order chi connectivity index (χ1) is 12.7. The van der Waals surface area contributed by atoms with E-state index in [4.69, 9.17) is 18.9 Å². The maximum atomic E-state index is 12.7. The van der Waals surface area contributed by atoms with Crippen LogP contribution in [0.4, 0.5) is 0 Å². The molecule has 148 valence electrons. The summed E-state index contributed by atoms with van der Waals surface area (Å²) in [6.45, 7) is 1.38. The minimum atomic E-state index is -1.69. The van der Waals surface area contributed by atoms with E-state index in [9.17, 15) is 19.5 Å². The van der Waals surface area contributed by atoms with Gasteiger partial charge in [0.1, 0.15) is 5.92 Å². The van der Waals surface area contributed by atoms with Crippen molar-refractivity contribution in [2.24, 2.45) is 11.8 Å². The molecule has 8 heteroatoms. The molecule has 0 aliphatic heterocycles. The Bertz CT molecular complexity index is 739. The fraction of sp³-hybridized carbons (Fsp3) is 0.526. The second-order valence-electron chi connectivity index (χ2n) is 6.64. The number of carbonyl (C=O) groups is 3. The third kappa shape index (κ3) is 3.75. The summed E-state index contributed by atoms with van der Waals surface area (Å²) in [5.41, 5.74) is -1.24. The molecule has 1 aromatic rings. The molecule has 1 saturated carbocycles. The third-order valence-corrected chi connectivity index (χ3v) is 4.97. The Labute approximate surface area is 157 Å². The third-order valence-electron chi connectivity index (χ3n) is 4.97. The molecule has 1 aliphatic carbocycles. The Morgan fingerprint density at radius 1 is 1.04 bits per heavy atom. The number of ether oxygens (including phenoxy) is 4. The van der Waals surface area contributed by atoms with Crippen molar-refractivity contribution in [2.75, 3.05) is 28.4 Å². The lowest BCUT2D eigenvalue weighted by Gasteiger charge is -2.43. The van der Waals surface area contributed by atoms with Crippen LogP contribution in [-0.2, 0) is 23.9 Å². The fourth-order valence-corrected chi connectivity index (χ4v) is 3.73. The van der Waals surface area contributed by atoms with Crippen molar-refractivity contribution in [1.82, 2.24) is 0 Å². The van der Waals surface area contributed by atoms with Crippen LogP contribution in [0.3, 0.4) is 0 Å². The second kappa shape index (κ2) is 7.96. The number of hydrogen-bond donors (Lipinski definition) is 1. The van der Waals surface area contributed by atoms with Crippen LogP contribution in [0.15, 0.2) is 18.2 Å². The van der Waals surface area contributed by atoms with Crippen molar-refractivity contribution in [3.63, 3.8) is 0 Å². The Morgan fingerprint density at radius 2 is 1.63 bits per heavy atom. The molecular formula is C19H24O8. The Hall–Kier alpha value is -2.61. The van der Waals surface area contributed by atoms with Gasteiger partial charge in [0.15, 0.2) is 17.3 Å². The molecule has 1 N–H and O–H groups in total. The quantitative estimate of drug-likeness (QED) is 0.597. The van der Waals surface area contributed by atoms with E-state index < -0.39 is 41.1 Å². The summed E-state index contributed by atoms with van der Waals surface area (Å²) in [6.07, 6.45) is -0.365. The zero-order valence-corrected chi connectivity index (χ0v) is 16.0. The van der Waals surface area contributed by atoms with Crippen molar-refractivity contribution in [3.8, 4) is 11.5 Å². The summed E-state index contributed by atoms with van der Waals surface area (Å²) >= 11 is 0. The topological polar surface area (TPSA) is 108 Å². The highest BCUT2D eigenvalue weighted by atomic mass is 16.5. The maximum absolute atomic E-state index is 12.7. The van der Waals surface area contributed by atoms with Gasteiger partial charge in [0, 0.05) is 12.3 Å². The highest BCUT2D eigenvalue weighted by Crippen LogP contribution is 2.47. The molecule has 4 atom stereocenters. The van der Waals surface area contributed by atoms with Gasteiger partial charge in [-0.1, -0.05) is 6.07 Å². The van der Waals surface area contributed by atoms with Gasteiger partial charge < -0.3 is 24.1 Å². The second-order valence-corrected chi connectivity index (χ2v) is 6.64. The van der Waals surface area contributed by atoms with E-state index in [1.807, 2.05) is 0 Å². The van der Waals surface area contributed by atoms with Gasteiger partial charge in [-0.25, -0.2) is 0 Å². The van der Waals surface area contributed by atoms with Gasteiger partial charge >= 0.3 is 11.9 Å². The molecule has 0 aromatic heterocycles. The van der Waals surface area contributed by atoms with Crippen molar-refractivity contribution in [1.29, 1.82) is 0 Å². The van der Waals surface area contributed by atoms with E-state index in [2.05, 4.69) is 0 Å². The number of aliphatic hydroxyl groups is 1. The van der Waals surface area contributed by atoms with E-state index in [1.54, 1.807) is 18.2 Å². The first-order valence-corrected chi connectivity index (χ1v) is 8.34. The zero-order chi connectivity index (χ0) is 20.4. The predicted octanol–water partition coefficient (Wildman–Crippen LogP) is 1.09. The van der Waals surface area contributed by atoms with Crippen LogP contribution < -0.4 is 9.47 Å². The van der Waals surface area contributed by atoms with Gasteiger partial charge in [-0.2, -0.15) is 0 Å². The molecule has 27 heavy (non-hydrogen) atoms. The van der Waals surface area contributed by atoms with Crippen LogP contribution >= 0.6 is 0 Å². The van der Waals surface area contributed by atoms with Gasteiger partial charge in [0.2, 0.25) is 0 Å². The van der Waals surface area contributed by atoms with Gasteiger partial charge in [-0.05, 0) is 24.6 Å². The smallest absolute Gasteiger partial charge is 0.316 e. The van der Waals surface area contributed by atoms with Crippen molar-refractivity contribution in [3.05, 3.63) is 23.8 Å². The molecule has 2 rings (SSSR count). The van der Waals surface area contributed by atoms with Crippen LogP contribution in [0, 0.1) is 11.8 Å². The van der Waals surface area contributed by atoms with E-state index >= 15 is 0 Å². The highest BCUT2D eigenvalue weighted by molar-refractivity contribution is 6.02. The Kier molecular flexibility index (Phi) is 6.10. The summed E-state index contributed by atoms with van der Waals surface area (Å²) in [5, 5.41) is 10.8. The summed E-state index contributed by atoms with van der Waals surface area (Å²) in [7, 11) is 5.27. The number of benzene rings is 1. The fourth-order valence-electron chi connectivity index (χ4n) is 3.73. The molecule has 0 radical (unpaired) electrons. The van der Waals surface area contributed by atoms with Crippen LogP contribution in [0.5, 0.6) is 11.5 Å². The van der Waals surface area contributed by atoms with Crippen LogP contribution in [0.2, 0.25) is 0 Å². The number of Topliss-reactive ketones (excluding diaryl/α,β-unsaturated/α-hetero) is 1. The molecule has 0 saturated heterocycles. The van der Waals surface area contributed by atoms with E-state index in [-0.39, 0.29) is 6.42 Å². The summed E-state index contributed by atoms with van der Waals surface area (Å²) in [5.74, 6) is -4.59. The van der Waals surface area contributed by atoms with Crippen molar-refractivity contribution >= 4 is 17.7 Å². The summed E-state index contributed by atoms with van der Waals surface area (Å²) in [4.78, 5) is 37.5. The molecule has 8 nitrogen and oxygen atoms in total. The summed E-state index contributed by atoms with van der Waals surface area (Å²) in [6, 6.07) is 4.79. The van der Waals surface area contributed by atoms with Gasteiger partial charge in [0.05, 0.1) is 40.0 Å². The normalized spacial score (nSPS) is 27.6. The molecule has 0 spiro atoms. The Balaban J connectivity index is 2.69. The minimum Gasteiger partial charge on any atom is -0.493 e. The number of carbonyl (C=O) groups excluding carboxylic acids is 3. The molecule has 1 aliphatic rings. The number of rotatable bonds is 5. The average Bonchev–Trinajstić information content (AvgIpc) is 2.64. The van der Waals surface area contributed by atoms with Gasteiger partial charge in [-0.15, -0.1) is 0 Å². The molecule has 0 unspecified atom stereocenters. The average molecular weight is 380 g/mol. The minimum absolute atomic E-state index is 0.361. The molecular weight excluding hydrogens is 356 g/mol. The van der Waals surface area contributed by atoms with E-state index in [1.165, 1.54) is 35.4 Å². The largest absolute Gasteiger partial charge is 0.493 e. The van der Waals surface area contributed by atoms with Gasteiger partial charge in [-0.3, -0.25) is 14.4 Å². The monoisotopic (exact) mass is 380 g/mol. The van der Waals surface area contributed by atoms with Crippen LogP contribution in [0.1, 0.15) is 24.8 Å². The molecule has 1 fully saturated rings. The van der Waals surface area contributed by atoms with E-state index in [0.29, 0.717) is 17.1 Å². The molecule has 0 heterocycles. The number of methoxy groups -OCH3 is 4. The molecule has 1 aromatic carbocycles. The van der Waals surface area contributed by atoms with Crippen molar-refractivity contribution < 1.29 is 38.4 Å². The number of hydrogen-bond acceptors (Lipinski definition) is 8. The first kappa shape index (κ1) is 20.7. The predicted molar refractivity (Wildman–Crippen MR) is 93.5 cm³/mol. The summed E-state index contributed by atoms with van der Waals surface area (Å²) < 4.78 is 20.1. The van der Waals surface area contributed by atoms with Crippen LogP contribution in [-0.4, -0.2) is 56.9 Å². The maximum Gasteiger partial charge on any atom is 0.316 e. The van der Waals surface area contributed by atoms with E-state index in [0.717, 1.165) is 0 Å². The SMILES string of the molecule is COC(=O)[C@H]1C(=O)C[C@](C)(O)[C@@H](C(=O)OC)[C@H]1c1ccc(OC)c(OC)c1. The van der Waals surface area contributed by atoms with Crippen molar-refractivity contribution in [2.45, 2.75) is 24.9 Å². The number of ketones is 1. The lowest BCUT2D eigenvalue weighted by atomic mass is 9.61. The molecule has 0 bridgehead atoms. The van der Waals surface area contributed by atoms with Gasteiger partial charge in [0.25, 0.3) is 0 Å².